The first kappa shape index (κ1) is 24.4. The first-order chi connectivity index (χ1) is 15.9. The second-order valence-corrected chi connectivity index (χ2v) is 8.64. The number of aromatic amines is 1. The van der Waals surface area contributed by atoms with Crippen molar-refractivity contribution >= 4 is 29.2 Å². The van der Waals surface area contributed by atoms with Crippen LogP contribution in [-0.4, -0.2) is 37.3 Å². The zero-order valence-electron chi connectivity index (χ0n) is 19.2. The summed E-state index contributed by atoms with van der Waals surface area (Å²) in [5.41, 5.74) is 7.10. The molecule has 0 aliphatic heterocycles. The third-order valence-corrected chi connectivity index (χ3v) is 6.23. The van der Waals surface area contributed by atoms with Gasteiger partial charge in [-0.3, -0.25) is 23.7 Å². The molecule has 176 valence electrons. The summed E-state index contributed by atoms with van der Waals surface area (Å²) in [4.78, 5) is 46.3. The number of aromatic nitrogens is 4. The van der Waals surface area contributed by atoms with Crippen LogP contribution >= 0.6 is 11.8 Å². The number of H-pyrrole nitrogens is 1. The topological polar surface area (TPSA) is 119 Å². The van der Waals surface area contributed by atoms with E-state index < -0.39 is 11.2 Å². The van der Waals surface area contributed by atoms with Crippen LogP contribution in [0.2, 0.25) is 0 Å². The lowest BCUT2D eigenvalue weighted by atomic mass is 10.2. The van der Waals surface area contributed by atoms with Crippen LogP contribution in [0.5, 0.6) is 0 Å². The van der Waals surface area contributed by atoms with Gasteiger partial charge < -0.3 is 10.6 Å². The van der Waals surface area contributed by atoms with Crippen LogP contribution in [0.15, 0.2) is 51.4 Å². The van der Waals surface area contributed by atoms with Crippen molar-refractivity contribution in [3.63, 3.8) is 0 Å². The summed E-state index contributed by atoms with van der Waals surface area (Å²) >= 11 is 1.29. The first-order valence-electron chi connectivity index (χ1n) is 11.0. The molecule has 0 saturated carbocycles. The summed E-state index contributed by atoms with van der Waals surface area (Å²) < 4.78 is 3.24. The molecule has 0 aliphatic rings. The quantitative estimate of drug-likeness (QED) is 0.440. The van der Waals surface area contributed by atoms with Crippen molar-refractivity contribution in [2.75, 3.05) is 22.9 Å². The van der Waals surface area contributed by atoms with Crippen LogP contribution in [0.1, 0.15) is 38.7 Å². The van der Waals surface area contributed by atoms with Crippen molar-refractivity contribution in [2.24, 2.45) is 0 Å². The number of rotatable bonds is 10. The summed E-state index contributed by atoms with van der Waals surface area (Å²) in [6.45, 7) is 6.61. The van der Waals surface area contributed by atoms with E-state index in [0.29, 0.717) is 31.1 Å². The standard InChI is InChI=1S/C23H30N6O3S/c1-4-6-13-28(19-20(24)29(12-5-2)22(32)26-21(19)31)18(30)15-33-23-25-11-14-27(23)17-10-8-7-9-16(17)3/h7-11,14H,4-6,12-13,15,24H2,1-3H3,(H,26,31,32). The van der Waals surface area contributed by atoms with E-state index in [1.165, 1.54) is 21.2 Å². The molecule has 33 heavy (non-hydrogen) atoms. The van der Waals surface area contributed by atoms with Gasteiger partial charge in [0.25, 0.3) is 5.56 Å². The number of carbonyl (C=O) groups is 1. The molecule has 0 spiro atoms. The van der Waals surface area contributed by atoms with E-state index in [1.54, 1.807) is 6.20 Å². The van der Waals surface area contributed by atoms with Gasteiger partial charge in [0.2, 0.25) is 5.91 Å². The molecule has 1 aromatic carbocycles. The van der Waals surface area contributed by atoms with E-state index in [-0.39, 0.29) is 23.2 Å². The van der Waals surface area contributed by atoms with Gasteiger partial charge in [-0.1, -0.05) is 50.2 Å². The zero-order valence-corrected chi connectivity index (χ0v) is 20.0. The minimum absolute atomic E-state index is 0.0152. The number of aryl methyl sites for hydroxylation is 1. The van der Waals surface area contributed by atoms with Crippen molar-refractivity contribution in [3.8, 4) is 5.69 Å². The molecule has 3 aromatic rings. The molecular weight excluding hydrogens is 440 g/mol. The van der Waals surface area contributed by atoms with E-state index in [2.05, 4.69) is 9.97 Å². The Kier molecular flexibility index (Phi) is 8.16. The van der Waals surface area contributed by atoms with E-state index in [9.17, 15) is 14.4 Å². The lowest BCUT2D eigenvalue weighted by Gasteiger charge is -2.24. The minimum atomic E-state index is -0.652. The number of nitrogen functional groups attached to an aromatic ring is 1. The monoisotopic (exact) mass is 470 g/mol. The van der Waals surface area contributed by atoms with Crippen LogP contribution in [0.3, 0.4) is 0 Å². The number of hydrogen-bond acceptors (Lipinski definition) is 6. The number of nitrogens with zero attached hydrogens (tertiary/aromatic N) is 4. The third kappa shape index (κ3) is 5.39. The van der Waals surface area contributed by atoms with Gasteiger partial charge >= 0.3 is 5.69 Å². The maximum absolute atomic E-state index is 13.3. The predicted octanol–water partition coefficient (Wildman–Crippen LogP) is 2.95. The van der Waals surface area contributed by atoms with E-state index in [1.807, 2.05) is 55.8 Å². The molecule has 2 heterocycles. The molecule has 2 aromatic heterocycles. The molecule has 0 aliphatic carbocycles. The van der Waals surface area contributed by atoms with Crippen LogP contribution in [0.4, 0.5) is 11.5 Å². The van der Waals surface area contributed by atoms with Crippen LogP contribution in [0.25, 0.3) is 5.69 Å². The lowest BCUT2D eigenvalue weighted by Crippen LogP contribution is -2.42. The van der Waals surface area contributed by atoms with Crippen LogP contribution in [-0.2, 0) is 11.3 Å². The Hall–Kier alpha value is -3.27. The molecule has 0 saturated heterocycles. The summed E-state index contributed by atoms with van der Waals surface area (Å²) in [5.74, 6) is -0.188. The molecular formula is C23H30N6O3S. The van der Waals surface area contributed by atoms with Crippen molar-refractivity contribution in [1.29, 1.82) is 0 Å². The molecule has 0 fully saturated rings. The number of benzene rings is 1. The summed E-state index contributed by atoms with van der Waals surface area (Å²) in [6, 6.07) is 7.93. The number of carbonyl (C=O) groups excluding carboxylic acids is 1. The van der Waals surface area contributed by atoms with E-state index in [0.717, 1.165) is 17.7 Å². The van der Waals surface area contributed by atoms with Crippen molar-refractivity contribution in [1.82, 2.24) is 19.1 Å². The first-order valence-corrected chi connectivity index (χ1v) is 12.0. The lowest BCUT2D eigenvalue weighted by molar-refractivity contribution is -0.116. The highest BCUT2D eigenvalue weighted by atomic mass is 32.2. The number of amides is 1. The van der Waals surface area contributed by atoms with Gasteiger partial charge in [-0.25, -0.2) is 9.78 Å². The highest BCUT2D eigenvalue weighted by molar-refractivity contribution is 7.99. The van der Waals surface area contributed by atoms with Crippen molar-refractivity contribution in [2.45, 2.75) is 51.7 Å². The molecule has 0 radical (unpaired) electrons. The van der Waals surface area contributed by atoms with Crippen molar-refractivity contribution < 1.29 is 4.79 Å². The average molecular weight is 471 g/mol. The molecule has 3 N–H and O–H groups in total. The predicted molar refractivity (Wildman–Crippen MR) is 132 cm³/mol. The molecule has 9 nitrogen and oxygen atoms in total. The van der Waals surface area contributed by atoms with Gasteiger partial charge in [0.15, 0.2) is 10.8 Å². The Morgan fingerprint density at radius 3 is 2.67 bits per heavy atom. The Morgan fingerprint density at radius 1 is 1.21 bits per heavy atom. The molecule has 0 unspecified atom stereocenters. The van der Waals surface area contributed by atoms with Gasteiger partial charge in [-0.05, 0) is 31.4 Å². The van der Waals surface area contributed by atoms with E-state index >= 15 is 0 Å². The number of hydrogen-bond donors (Lipinski definition) is 2. The van der Waals surface area contributed by atoms with Gasteiger partial charge in [0.05, 0.1) is 11.4 Å². The smallest absolute Gasteiger partial charge is 0.330 e. The third-order valence-electron chi connectivity index (χ3n) is 5.27. The summed E-state index contributed by atoms with van der Waals surface area (Å²) in [6.07, 6.45) is 5.74. The SMILES string of the molecule is CCCCN(C(=O)CSc1nccn1-c1ccccc1C)c1c(N)n(CCC)c(=O)[nH]c1=O. The van der Waals surface area contributed by atoms with Crippen LogP contribution in [0, 0.1) is 6.92 Å². The Labute approximate surface area is 196 Å². The normalized spacial score (nSPS) is 11.0. The van der Waals surface area contributed by atoms with Crippen LogP contribution < -0.4 is 21.9 Å². The number of nitrogens with two attached hydrogens (primary N) is 1. The second-order valence-electron chi connectivity index (χ2n) is 7.70. The zero-order chi connectivity index (χ0) is 24.0. The fourth-order valence-electron chi connectivity index (χ4n) is 3.58. The van der Waals surface area contributed by atoms with Gasteiger partial charge in [0, 0.05) is 25.5 Å². The number of unbranched alkanes of at least 4 members (excludes halogenated alkanes) is 1. The molecule has 0 atom stereocenters. The Balaban J connectivity index is 1.89. The molecule has 3 rings (SSSR count). The summed E-state index contributed by atoms with van der Waals surface area (Å²) in [5, 5.41) is 0.672. The van der Waals surface area contributed by atoms with E-state index in [4.69, 9.17) is 5.73 Å². The number of nitrogens with one attached hydrogen (secondary N) is 1. The second kappa shape index (κ2) is 11.0. The summed E-state index contributed by atoms with van der Waals surface area (Å²) in [7, 11) is 0. The largest absolute Gasteiger partial charge is 0.383 e. The molecule has 0 bridgehead atoms. The number of imidazole rings is 1. The number of thioether (sulfide) groups is 1. The average Bonchev–Trinajstić information content (AvgIpc) is 3.25. The maximum Gasteiger partial charge on any atom is 0.330 e. The molecule has 10 heteroatoms. The number of anilines is 2. The maximum atomic E-state index is 13.3. The highest BCUT2D eigenvalue weighted by Crippen LogP contribution is 2.24. The fourth-order valence-corrected chi connectivity index (χ4v) is 4.42. The fraction of sp³-hybridized carbons (Fsp3) is 0.391. The minimum Gasteiger partial charge on any atom is -0.383 e. The highest BCUT2D eigenvalue weighted by Gasteiger charge is 2.24. The Bertz CT molecular complexity index is 1230. The van der Waals surface area contributed by atoms with Gasteiger partial charge in [0.1, 0.15) is 5.82 Å². The number of para-hydroxylation sites is 1. The van der Waals surface area contributed by atoms with Gasteiger partial charge in [-0.15, -0.1) is 0 Å². The van der Waals surface area contributed by atoms with Gasteiger partial charge in [-0.2, -0.15) is 0 Å². The molecule has 1 amide bonds. The van der Waals surface area contributed by atoms with Crippen molar-refractivity contribution in [3.05, 3.63) is 63.1 Å². The Morgan fingerprint density at radius 2 is 1.97 bits per heavy atom.